The van der Waals surface area contributed by atoms with Gasteiger partial charge in [-0.2, -0.15) is 0 Å². The molecule has 0 radical (unpaired) electrons. The van der Waals surface area contributed by atoms with Crippen LogP contribution in [0.25, 0.3) is 0 Å². The van der Waals surface area contributed by atoms with E-state index in [-0.39, 0.29) is 6.04 Å². The number of aromatic nitrogens is 1. The van der Waals surface area contributed by atoms with Crippen LogP contribution >= 0.6 is 15.9 Å². The van der Waals surface area contributed by atoms with Gasteiger partial charge in [-0.1, -0.05) is 6.92 Å². The van der Waals surface area contributed by atoms with Gasteiger partial charge in [-0.05, 0) is 46.7 Å². The van der Waals surface area contributed by atoms with Gasteiger partial charge in [0.1, 0.15) is 5.76 Å². The maximum Gasteiger partial charge on any atom is 0.105 e. The molecule has 1 unspecified atom stereocenters. The Kier molecular flexibility index (Phi) is 4.34. The number of nitrogens with one attached hydrogen (secondary N) is 1. The van der Waals surface area contributed by atoms with E-state index in [1.54, 1.807) is 6.26 Å². The van der Waals surface area contributed by atoms with Crippen molar-refractivity contribution in [1.82, 2.24) is 10.3 Å². The summed E-state index contributed by atoms with van der Waals surface area (Å²) in [6.07, 6.45) is 4.34. The van der Waals surface area contributed by atoms with Gasteiger partial charge in [0.15, 0.2) is 0 Å². The summed E-state index contributed by atoms with van der Waals surface area (Å²) >= 11 is 3.39. The number of rotatable bonds is 5. The van der Waals surface area contributed by atoms with Gasteiger partial charge in [0.2, 0.25) is 0 Å². The van der Waals surface area contributed by atoms with Gasteiger partial charge in [0.05, 0.1) is 18.0 Å². The molecule has 0 amide bonds. The molecule has 90 valence electrons. The Bertz CT molecular complexity index is 439. The minimum absolute atomic E-state index is 0.194. The lowest BCUT2D eigenvalue weighted by molar-refractivity contribution is 0.450. The van der Waals surface area contributed by atoms with Crippen molar-refractivity contribution in [3.8, 4) is 0 Å². The summed E-state index contributed by atoms with van der Waals surface area (Å²) in [7, 11) is 0. The normalized spacial score (nSPS) is 12.6. The van der Waals surface area contributed by atoms with Crippen LogP contribution in [-0.2, 0) is 6.42 Å². The summed E-state index contributed by atoms with van der Waals surface area (Å²) in [5.41, 5.74) is 1.03. The molecule has 0 aliphatic carbocycles. The summed E-state index contributed by atoms with van der Waals surface area (Å²) in [6, 6.07) is 8.13. The fraction of sp³-hybridized carbons (Fsp3) is 0.308. The first-order valence-electron chi connectivity index (χ1n) is 5.67. The van der Waals surface area contributed by atoms with Gasteiger partial charge in [0.25, 0.3) is 0 Å². The molecule has 0 saturated heterocycles. The van der Waals surface area contributed by atoms with Crippen molar-refractivity contribution in [3.63, 3.8) is 0 Å². The Morgan fingerprint density at radius 2 is 2.29 bits per heavy atom. The van der Waals surface area contributed by atoms with Gasteiger partial charge in [0, 0.05) is 17.1 Å². The van der Waals surface area contributed by atoms with Crippen molar-refractivity contribution in [2.24, 2.45) is 0 Å². The molecule has 4 heteroatoms. The van der Waals surface area contributed by atoms with Crippen molar-refractivity contribution in [3.05, 3.63) is 52.7 Å². The van der Waals surface area contributed by atoms with Crippen molar-refractivity contribution >= 4 is 15.9 Å². The van der Waals surface area contributed by atoms with Crippen molar-refractivity contribution < 1.29 is 4.42 Å². The summed E-state index contributed by atoms with van der Waals surface area (Å²) in [5, 5.41) is 3.42. The van der Waals surface area contributed by atoms with Crippen LogP contribution in [0.1, 0.15) is 24.4 Å². The fourth-order valence-electron chi connectivity index (χ4n) is 1.75. The van der Waals surface area contributed by atoms with Crippen LogP contribution < -0.4 is 5.32 Å². The molecular formula is C13H15BrN2O. The molecule has 2 aromatic heterocycles. The lowest BCUT2D eigenvalue weighted by Crippen LogP contribution is -2.23. The van der Waals surface area contributed by atoms with E-state index in [4.69, 9.17) is 4.42 Å². The molecule has 2 rings (SSSR count). The van der Waals surface area contributed by atoms with Crippen LogP contribution in [0.4, 0.5) is 0 Å². The quantitative estimate of drug-likeness (QED) is 0.919. The van der Waals surface area contributed by atoms with Crippen molar-refractivity contribution in [2.45, 2.75) is 19.4 Å². The number of furan rings is 1. The van der Waals surface area contributed by atoms with Gasteiger partial charge in [-0.3, -0.25) is 4.98 Å². The van der Waals surface area contributed by atoms with Crippen LogP contribution in [0.3, 0.4) is 0 Å². The molecule has 0 aliphatic rings. The largest absolute Gasteiger partial charge is 0.469 e. The predicted molar refractivity (Wildman–Crippen MR) is 70.8 cm³/mol. The second-order valence-corrected chi connectivity index (χ2v) is 4.71. The van der Waals surface area contributed by atoms with Crippen LogP contribution in [0.2, 0.25) is 0 Å². The van der Waals surface area contributed by atoms with E-state index >= 15 is 0 Å². The van der Waals surface area contributed by atoms with E-state index < -0.39 is 0 Å². The molecule has 1 atom stereocenters. The molecule has 0 saturated carbocycles. The van der Waals surface area contributed by atoms with E-state index in [2.05, 4.69) is 33.2 Å². The topological polar surface area (TPSA) is 38.1 Å². The SMILES string of the molecule is CCNC(Cc1ccco1)c1ccc(Br)cn1. The summed E-state index contributed by atoms with van der Waals surface area (Å²) in [5.74, 6) is 0.973. The van der Waals surface area contributed by atoms with Crippen LogP contribution in [0, 0.1) is 0 Å². The molecule has 3 nitrogen and oxygen atoms in total. The fourth-order valence-corrected chi connectivity index (χ4v) is 1.99. The molecule has 0 bridgehead atoms. The molecule has 0 fully saturated rings. The number of nitrogens with zero attached hydrogens (tertiary/aromatic N) is 1. The number of likely N-dealkylation sites (N-methyl/N-ethyl adjacent to an activating group) is 1. The first kappa shape index (κ1) is 12.3. The molecule has 0 aromatic carbocycles. The first-order chi connectivity index (χ1) is 8.29. The van der Waals surface area contributed by atoms with Crippen LogP contribution in [0.5, 0.6) is 0 Å². The zero-order chi connectivity index (χ0) is 12.1. The highest BCUT2D eigenvalue weighted by molar-refractivity contribution is 9.10. The standard InChI is InChI=1S/C13H15BrN2O/c1-2-15-13(8-11-4-3-7-17-11)12-6-5-10(14)9-16-12/h3-7,9,13,15H,2,8H2,1H3. The second kappa shape index (κ2) is 5.98. The Balaban J connectivity index is 2.13. The Morgan fingerprint density at radius 3 is 2.88 bits per heavy atom. The predicted octanol–water partition coefficient (Wildman–Crippen LogP) is 3.33. The maximum absolute atomic E-state index is 5.38. The number of halogens is 1. The van der Waals surface area contributed by atoms with Crippen molar-refractivity contribution in [2.75, 3.05) is 6.54 Å². The second-order valence-electron chi connectivity index (χ2n) is 3.80. The highest BCUT2D eigenvalue weighted by Gasteiger charge is 2.13. The van der Waals surface area contributed by atoms with E-state index in [0.717, 1.165) is 28.9 Å². The Labute approximate surface area is 109 Å². The molecule has 2 heterocycles. The Hall–Kier alpha value is -1.13. The number of hydrogen-bond donors (Lipinski definition) is 1. The van der Waals surface area contributed by atoms with Crippen LogP contribution in [-0.4, -0.2) is 11.5 Å². The van der Waals surface area contributed by atoms with E-state index in [1.165, 1.54) is 0 Å². The Morgan fingerprint density at radius 1 is 1.41 bits per heavy atom. The molecule has 1 N–H and O–H groups in total. The molecular weight excluding hydrogens is 280 g/mol. The third kappa shape index (κ3) is 3.41. The average Bonchev–Trinajstić information content (AvgIpc) is 2.82. The van der Waals surface area contributed by atoms with Crippen molar-refractivity contribution in [1.29, 1.82) is 0 Å². The third-order valence-corrected chi connectivity index (χ3v) is 3.01. The van der Waals surface area contributed by atoms with Gasteiger partial charge < -0.3 is 9.73 Å². The molecule has 2 aromatic rings. The first-order valence-corrected chi connectivity index (χ1v) is 6.46. The molecule has 17 heavy (non-hydrogen) atoms. The summed E-state index contributed by atoms with van der Waals surface area (Å²) in [4.78, 5) is 4.43. The zero-order valence-electron chi connectivity index (χ0n) is 9.69. The zero-order valence-corrected chi connectivity index (χ0v) is 11.3. The van der Waals surface area contributed by atoms with E-state index in [0.29, 0.717) is 0 Å². The van der Waals surface area contributed by atoms with Gasteiger partial charge in [-0.15, -0.1) is 0 Å². The van der Waals surface area contributed by atoms with Gasteiger partial charge >= 0.3 is 0 Å². The van der Waals surface area contributed by atoms with Crippen LogP contribution in [0.15, 0.2) is 45.6 Å². The lowest BCUT2D eigenvalue weighted by atomic mass is 10.1. The smallest absolute Gasteiger partial charge is 0.105 e. The highest BCUT2D eigenvalue weighted by Crippen LogP contribution is 2.18. The van der Waals surface area contributed by atoms with E-state index in [9.17, 15) is 0 Å². The monoisotopic (exact) mass is 294 g/mol. The summed E-state index contributed by atoms with van der Waals surface area (Å²) in [6.45, 7) is 3.00. The number of hydrogen-bond acceptors (Lipinski definition) is 3. The summed E-state index contributed by atoms with van der Waals surface area (Å²) < 4.78 is 6.37. The van der Waals surface area contributed by atoms with E-state index in [1.807, 2.05) is 30.5 Å². The minimum atomic E-state index is 0.194. The number of pyridine rings is 1. The average molecular weight is 295 g/mol. The maximum atomic E-state index is 5.38. The molecule has 0 aliphatic heterocycles. The van der Waals surface area contributed by atoms with Gasteiger partial charge in [-0.25, -0.2) is 0 Å². The minimum Gasteiger partial charge on any atom is -0.469 e. The highest BCUT2D eigenvalue weighted by atomic mass is 79.9. The third-order valence-electron chi connectivity index (χ3n) is 2.54. The molecule has 0 spiro atoms. The lowest BCUT2D eigenvalue weighted by Gasteiger charge is -2.16.